The van der Waals surface area contributed by atoms with Gasteiger partial charge in [-0.2, -0.15) is 0 Å². The second kappa shape index (κ2) is 11.2. The van der Waals surface area contributed by atoms with Gasteiger partial charge >= 0.3 is 5.97 Å². The Balaban J connectivity index is 1.29. The molecule has 0 aromatic heterocycles. The van der Waals surface area contributed by atoms with Crippen LogP contribution < -0.4 is 4.74 Å². The number of carbonyl (C=O) groups excluding carboxylic acids is 1. The minimum Gasteiger partial charge on any atom is -0.497 e. The average molecular weight is 440 g/mol. The lowest BCUT2D eigenvalue weighted by atomic mass is 10.0. The van der Waals surface area contributed by atoms with Crippen LogP contribution in [0.1, 0.15) is 41.3 Å². The highest BCUT2D eigenvalue weighted by Gasteiger charge is 2.23. The Morgan fingerprint density at radius 3 is 2.09 bits per heavy atom. The van der Waals surface area contributed by atoms with Crippen LogP contribution in [0.25, 0.3) is 6.08 Å². The predicted octanol–water partition coefficient (Wildman–Crippen LogP) is 3.98. The van der Waals surface area contributed by atoms with Crippen molar-refractivity contribution in [1.82, 2.24) is 0 Å². The Hall–Kier alpha value is -2.71. The summed E-state index contributed by atoms with van der Waals surface area (Å²) in [5.41, 5.74) is 3.90. The van der Waals surface area contributed by atoms with E-state index in [1.165, 1.54) is 6.08 Å². The maximum atomic E-state index is 12.0. The lowest BCUT2D eigenvalue weighted by molar-refractivity contribution is -0.137. The predicted molar refractivity (Wildman–Crippen MR) is 117 cm³/mol. The summed E-state index contributed by atoms with van der Waals surface area (Å²) >= 11 is 0. The summed E-state index contributed by atoms with van der Waals surface area (Å²) < 4.78 is 33.1. The summed E-state index contributed by atoms with van der Waals surface area (Å²) in [6.07, 6.45) is 3.87. The number of hydrogen-bond acceptors (Lipinski definition) is 7. The van der Waals surface area contributed by atoms with Crippen LogP contribution in [0.3, 0.4) is 0 Å². The van der Waals surface area contributed by atoms with Crippen LogP contribution >= 0.6 is 0 Å². The number of methoxy groups -OCH3 is 1. The van der Waals surface area contributed by atoms with E-state index < -0.39 is 0 Å². The van der Waals surface area contributed by atoms with Crippen LogP contribution in [-0.2, 0) is 34.9 Å². The number of esters is 1. The van der Waals surface area contributed by atoms with Gasteiger partial charge in [-0.05, 0) is 48.2 Å². The van der Waals surface area contributed by atoms with Gasteiger partial charge in [-0.25, -0.2) is 4.79 Å². The molecular formula is C25H28O7. The van der Waals surface area contributed by atoms with Gasteiger partial charge in [0.05, 0.1) is 40.1 Å². The first-order valence-corrected chi connectivity index (χ1v) is 10.8. The highest BCUT2D eigenvalue weighted by molar-refractivity contribution is 5.87. The monoisotopic (exact) mass is 440 g/mol. The lowest BCUT2D eigenvalue weighted by Gasteiger charge is -2.16. The van der Waals surface area contributed by atoms with Crippen LogP contribution in [0.4, 0.5) is 0 Å². The van der Waals surface area contributed by atoms with Crippen LogP contribution in [0, 0.1) is 0 Å². The zero-order valence-electron chi connectivity index (χ0n) is 18.2. The van der Waals surface area contributed by atoms with Gasteiger partial charge in [-0.15, -0.1) is 0 Å². The van der Waals surface area contributed by atoms with Crippen molar-refractivity contribution in [3.05, 3.63) is 70.8 Å². The zero-order chi connectivity index (χ0) is 22.2. The molecule has 0 radical (unpaired) electrons. The van der Waals surface area contributed by atoms with E-state index in [1.807, 2.05) is 30.3 Å². The second-order valence-electron chi connectivity index (χ2n) is 7.53. The molecule has 2 heterocycles. The minimum absolute atomic E-state index is 0.332. The van der Waals surface area contributed by atoms with Gasteiger partial charge in [0.1, 0.15) is 5.75 Å². The molecule has 2 aromatic rings. The maximum absolute atomic E-state index is 12.0. The molecule has 2 aliphatic heterocycles. The maximum Gasteiger partial charge on any atom is 0.330 e. The third-order valence-electron chi connectivity index (χ3n) is 5.21. The summed E-state index contributed by atoms with van der Waals surface area (Å²) in [5, 5.41) is 0. The lowest BCUT2D eigenvalue weighted by Crippen LogP contribution is -2.06. The summed E-state index contributed by atoms with van der Waals surface area (Å²) in [5.74, 6) is 0.407. The Kier molecular flexibility index (Phi) is 7.90. The number of rotatable bonds is 9. The van der Waals surface area contributed by atoms with E-state index in [1.54, 1.807) is 13.2 Å². The van der Waals surface area contributed by atoms with E-state index in [-0.39, 0.29) is 18.5 Å². The molecule has 0 saturated carbocycles. The summed E-state index contributed by atoms with van der Waals surface area (Å²) in [6, 6.07) is 13.6. The molecule has 0 N–H and O–H groups in total. The van der Waals surface area contributed by atoms with E-state index in [0.29, 0.717) is 39.5 Å². The fraction of sp³-hybridized carbons (Fsp3) is 0.400. The minimum atomic E-state index is -0.365. The van der Waals surface area contributed by atoms with Crippen molar-refractivity contribution >= 4 is 12.0 Å². The first-order chi connectivity index (χ1) is 15.7. The molecule has 2 fully saturated rings. The van der Waals surface area contributed by atoms with Gasteiger partial charge in [0.15, 0.2) is 12.6 Å². The second-order valence-corrected chi connectivity index (χ2v) is 7.53. The van der Waals surface area contributed by atoms with Crippen molar-refractivity contribution in [2.45, 2.75) is 25.4 Å². The Labute approximate surface area is 187 Å². The molecule has 2 aliphatic rings. The molecule has 0 atom stereocenters. The normalized spacial score (nSPS) is 17.3. The standard InChI is InChI=1S/C25H28O7/c1-27-22-7-4-18(5-8-22)6-9-23(26)28-10-2-3-19-15-20(24-29-11-12-30-24)17-21(16-19)25-31-13-14-32-25/h4-9,15-17,24-25H,2-3,10-14H2,1H3. The molecule has 4 rings (SSSR count). The van der Waals surface area contributed by atoms with Crippen molar-refractivity contribution in [2.24, 2.45) is 0 Å². The van der Waals surface area contributed by atoms with Crippen molar-refractivity contribution in [3.8, 4) is 5.75 Å². The smallest absolute Gasteiger partial charge is 0.330 e. The van der Waals surface area contributed by atoms with Crippen LogP contribution in [0.2, 0.25) is 0 Å². The van der Waals surface area contributed by atoms with Crippen LogP contribution in [-0.4, -0.2) is 46.1 Å². The number of ether oxygens (including phenoxy) is 6. The van der Waals surface area contributed by atoms with E-state index in [9.17, 15) is 4.79 Å². The van der Waals surface area contributed by atoms with E-state index >= 15 is 0 Å². The highest BCUT2D eigenvalue weighted by atomic mass is 16.7. The summed E-state index contributed by atoms with van der Waals surface area (Å²) in [6.45, 7) is 2.67. The quantitative estimate of drug-likeness (QED) is 0.332. The number of benzene rings is 2. The van der Waals surface area contributed by atoms with Gasteiger partial charge in [-0.1, -0.05) is 24.3 Å². The number of aryl methyl sites for hydroxylation is 1. The van der Waals surface area contributed by atoms with Gasteiger partial charge < -0.3 is 28.4 Å². The zero-order valence-corrected chi connectivity index (χ0v) is 18.2. The SMILES string of the molecule is COc1ccc(C=CC(=O)OCCCc2cc(C3OCCO3)cc(C3OCCO3)c2)cc1. The van der Waals surface area contributed by atoms with Crippen LogP contribution in [0.5, 0.6) is 5.75 Å². The molecular weight excluding hydrogens is 412 g/mol. The molecule has 2 saturated heterocycles. The first-order valence-electron chi connectivity index (χ1n) is 10.8. The van der Waals surface area contributed by atoms with E-state index in [4.69, 9.17) is 28.4 Å². The fourth-order valence-corrected chi connectivity index (χ4v) is 3.64. The van der Waals surface area contributed by atoms with Crippen molar-refractivity contribution in [3.63, 3.8) is 0 Å². The molecule has 170 valence electrons. The Morgan fingerprint density at radius 2 is 1.53 bits per heavy atom. The van der Waals surface area contributed by atoms with Gasteiger partial charge in [-0.3, -0.25) is 0 Å². The molecule has 7 nitrogen and oxygen atoms in total. The molecule has 2 aromatic carbocycles. The van der Waals surface area contributed by atoms with E-state index in [2.05, 4.69) is 12.1 Å². The van der Waals surface area contributed by atoms with Crippen LogP contribution in [0.15, 0.2) is 48.5 Å². The summed E-state index contributed by atoms with van der Waals surface area (Å²) in [4.78, 5) is 12.0. The number of hydrogen-bond donors (Lipinski definition) is 0. The molecule has 0 bridgehead atoms. The van der Waals surface area contributed by atoms with E-state index in [0.717, 1.165) is 34.4 Å². The van der Waals surface area contributed by atoms with Crippen molar-refractivity contribution in [1.29, 1.82) is 0 Å². The molecule has 0 amide bonds. The summed E-state index contributed by atoms with van der Waals surface area (Å²) in [7, 11) is 1.62. The van der Waals surface area contributed by atoms with Gasteiger partial charge in [0.2, 0.25) is 0 Å². The molecule has 7 heteroatoms. The Morgan fingerprint density at radius 1 is 0.938 bits per heavy atom. The van der Waals surface area contributed by atoms with Gasteiger partial charge in [0.25, 0.3) is 0 Å². The largest absolute Gasteiger partial charge is 0.497 e. The van der Waals surface area contributed by atoms with Crippen molar-refractivity contribution in [2.75, 3.05) is 40.1 Å². The molecule has 0 aliphatic carbocycles. The number of carbonyl (C=O) groups is 1. The third kappa shape index (κ3) is 6.17. The average Bonchev–Trinajstić information content (AvgIpc) is 3.55. The highest BCUT2D eigenvalue weighted by Crippen LogP contribution is 2.31. The topological polar surface area (TPSA) is 72.5 Å². The third-order valence-corrected chi connectivity index (χ3v) is 5.21. The fourth-order valence-electron chi connectivity index (χ4n) is 3.64. The van der Waals surface area contributed by atoms with Crippen molar-refractivity contribution < 1.29 is 33.2 Å². The molecule has 0 spiro atoms. The first kappa shape index (κ1) is 22.5. The molecule has 0 unspecified atom stereocenters. The Bertz CT molecular complexity index is 876. The molecule has 32 heavy (non-hydrogen) atoms. The van der Waals surface area contributed by atoms with Gasteiger partial charge in [0, 0.05) is 17.2 Å².